The van der Waals surface area contributed by atoms with E-state index in [0.717, 1.165) is 5.17 Å². The number of fused-ring (bicyclic) bond motifs is 1. The second-order valence-electron chi connectivity index (χ2n) is 5.11. The zero-order chi connectivity index (χ0) is 11.9. The molecule has 0 bridgehead atoms. The fourth-order valence-corrected chi connectivity index (χ4v) is 3.73. The highest BCUT2D eigenvalue weighted by Crippen LogP contribution is 2.40. The van der Waals surface area contributed by atoms with Gasteiger partial charge in [-0.25, -0.2) is 0 Å². The third-order valence-corrected chi connectivity index (χ3v) is 4.40. The minimum Gasteiger partial charge on any atom is -0.317 e. The summed E-state index contributed by atoms with van der Waals surface area (Å²) in [5, 5.41) is 3.28. The van der Waals surface area contributed by atoms with E-state index in [1.807, 2.05) is 0 Å². The maximum Gasteiger partial charge on any atom is 0.168 e. The van der Waals surface area contributed by atoms with E-state index in [-0.39, 0.29) is 0 Å². The van der Waals surface area contributed by atoms with E-state index in [1.54, 1.807) is 11.8 Å². The first kappa shape index (κ1) is 12.3. The number of aliphatic imine (C=N–C) groups is 1. The molecular weight excluding hydrogens is 240 g/mol. The van der Waals surface area contributed by atoms with Crippen LogP contribution in [-0.4, -0.2) is 28.0 Å². The van der Waals surface area contributed by atoms with Gasteiger partial charge in [0.2, 0.25) is 0 Å². The van der Waals surface area contributed by atoms with E-state index < -0.39 is 0 Å². The van der Waals surface area contributed by atoms with Gasteiger partial charge in [-0.1, -0.05) is 39.5 Å². The standard InChI is InChI=1S/C12H19ClN2S/c1-7(2)10-11(8(3)4)15-9(5-13)6-16-12(15)14-10/h6-8,10-11H,5H2,1-4H3. The molecular formula is C12H19ClN2S. The number of thioether (sulfide) groups is 1. The predicted octanol–water partition coefficient (Wildman–Crippen LogP) is 3.53. The van der Waals surface area contributed by atoms with Crippen LogP contribution in [0.1, 0.15) is 27.7 Å². The molecule has 0 aromatic carbocycles. The normalized spacial score (nSPS) is 28.8. The number of amidine groups is 1. The molecule has 16 heavy (non-hydrogen) atoms. The molecule has 0 aromatic heterocycles. The van der Waals surface area contributed by atoms with Crippen molar-refractivity contribution >= 4 is 28.5 Å². The molecule has 90 valence electrons. The van der Waals surface area contributed by atoms with Crippen LogP contribution in [0.3, 0.4) is 0 Å². The van der Waals surface area contributed by atoms with E-state index >= 15 is 0 Å². The van der Waals surface area contributed by atoms with Gasteiger partial charge >= 0.3 is 0 Å². The molecule has 2 atom stereocenters. The van der Waals surface area contributed by atoms with Crippen molar-refractivity contribution < 1.29 is 0 Å². The Morgan fingerprint density at radius 3 is 2.56 bits per heavy atom. The molecule has 4 heteroatoms. The third-order valence-electron chi connectivity index (χ3n) is 3.23. The molecule has 0 amide bonds. The first-order valence-corrected chi connectivity index (χ1v) is 7.26. The van der Waals surface area contributed by atoms with Crippen molar-refractivity contribution in [2.24, 2.45) is 16.8 Å². The molecule has 0 N–H and O–H groups in total. The minimum absolute atomic E-state index is 0.411. The number of hydrogen-bond acceptors (Lipinski definition) is 3. The van der Waals surface area contributed by atoms with Gasteiger partial charge in [-0.2, -0.15) is 0 Å². The number of nitrogens with zero attached hydrogens (tertiary/aromatic N) is 2. The SMILES string of the molecule is CC(C)C1N=C2SC=C(CCl)N2C1C(C)C. The Morgan fingerprint density at radius 1 is 1.38 bits per heavy atom. The minimum atomic E-state index is 0.411. The summed E-state index contributed by atoms with van der Waals surface area (Å²) in [6.07, 6.45) is 0. The van der Waals surface area contributed by atoms with Crippen LogP contribution in [0.25, 0.3) is 0 Å². The van der Waals surface area contributed by atoms with E-state index in [1.165, 1.54) is 5.70 Å². The second-order valence-corrected chi connectivity index (χ2v) is 6.22. The maximum atomic E-state index is 5.99. The molecule has 0 saturated carbocycles. The molecule has 0 saturated heterocycles. The molecule has 2 heterocycles. The predicted molar refractivity (Wildman–Crippen MR) is 72.9 cm³/mol. The summed E-state index contributed by atoms with van der Waals surface area (Å²) >= 11 is 7.71. The monoisotopic (exact) mass is 258 g/mol. The summed E-state index contributed by atoms with van der Waals surface area (Å²) < 4.78 is 0. The lowest BCUT2D eigenvalue weighted by atomic mass is 9.89. The number of hydrogen-bond donors (Lipinski definition) is 0. The number of rotatable bonds is 3. The average molecular weight is 259 g/mol. The molecule has 2 aliphatic rings. The topological polar surface area (TPSA) is 15.6 Å². The Kier molecular flexibility index (Phi) is 3.55. The van der Waals surface area contributed by atoms with Crippen LogP contribution in [0.15, 0.2) is 16.1 Å². The molecule has 0 aliphatic carbocycles. The van der Waals surface area contributed by atoms with Crippen LogP contribution in [0.5, 0.6) is 0 Å². The number of alkyl halides is 1. The maximum absolute atomic E-state index is 5.99. The average Bonchev–Trinajstić information content (AvgIpc) is 2.73. The Hall–Kier alpha value is -0.150. The van der Waals surface area contributed by atoms with Gasteiger partial charge < -0.3 is 4.90 Å². The van der Waals surface area contributed by atoms with Crippen LogP contribution in [-0.2, 0) is 0 Å². The molecule has 2 rings (SSSR count). The van der Waals surface area contributed by atoms with E-state index in [9.17, 15) is 0 Å². The van der Waals surface area contributed by atoms with Crippen molar-refractivity contribution in [2.45, 2.75) is 39.8 Å². The summed E-state index contributed by atoms with van der Waals surface area (Å²) in [7, 11) is 0. The van der Waals surface area contributed by atoms with Crippen LogP contribution < -0.4 is 0 Å². The first-order chi connectivity index (χ1) is 7.56. The molecule has 0 aromatic rings. The van der Waals surface area contributed by atoms with Crippen LogP contribution in [0.4, 0.5) is 0 Å². The van der Waals surface area contributed by atoms with Gasteiger partial charge in [-0.15, -0.1) is 11.6 Å². The zero-order valence-electron chi connectivity index (χ0n) is 10.3. The van der Waals surface area contributed by atoms with Gasteiger partial charge in [0.15, 0.2) is 5.17 Å². The highest BCUT2D eigenvalue weighted by molar-refractivity contribution is 8.16. The Bertz CT molecular complexity index is 336. The van der Waals surface area contributed by atoms with Gasteiger partial charge in [0.1, 0.15) is 0 Å². The Balaban J connectivity index is 2.28. The molecule has 2 nitrogen and oxygen atoms in total. The van der Waals surface area contributed by atoms with Gasteiger partial charge in [0, 0.05) is 5.70 Å². The molecule has 0 radical (unpaired) electrons. The van der Waals surface area contributed by atoms with Crippen LogP contribution >= 0.6 is 23.4 Å². The highest BCUT2D eigenvalue weighted by Gasteiger charge is 2.43. The zero-order valence-corrected chi connectivity index (χ0v) is 11.8. The van der Waals surface area contributed by atoms with Crippen molar-refractivity contribution in [3.63, 3.8) is 0 Å². The summed E-state index contributed by atoms with van der Waals surface area (Å²) in [6, 6.07) is 0.893. The fraction of sp³-hybridized carbons (Fsp3) is 0.750. The molecule has 0 spiro atoms. The summed E-state index contributed by atoms with van der Waals surface area (Å²) in [4.78, 5) is 7.20. The summed E-state index contributed by atoms with van der Waals surface area (Å²) in [6.45, 7) is 9.04. The van der Waals surface area contributed by atoms with E-state index in [4.69, 9.17) is 16.6 Å². The highest BCUT2D eigenvalue weighted by atomic mass is 35.5. The first-order valence-electron chi connectivity index (χ1n) is 5.85. The lowest BCUT2D eigenvalue weighted by Crippen LogP contribution is -2.42. The lowest BCUT2D eigenvalue weighted by Gasteiger charge is -2.32. The van der Waals surface area contributed by atoms with Crippen molar-refractivity contribution in [3.8, 4) is 0 Å². The quantitative estimate of drug-likeness (QED) is 0.720. The largest absolute Gasteiger partial charge is 0.317 e. The summed E-state index contributed by atoms with van der Waals surface area (Å²) in [5.74, 6) is 1.77. The smallest absolute Gasteiger partial charge is 0.168 e. The van der Waals surface area contributed by atoms with Crippen molar-refractivity contribution in [2.75, 3.05) is 5.88 Å². The van der Waals surface area contributed by atoms with Crippen molar-refractivity contribution in [3.05, 3.63) is 11.1 Å². The number of allylic oxidation sites excluding steroid dienone is 1. The molecule has 0 fully saturated rings. The second kappa shape index (κ2) is 4.61. The Morgan fingerprint density at radius 2 is 2.06 bits per heavy atom. The molecule has 2 aliphatic heterocycles. The van der Waals surface area contributed by atoms with E-state index in [2.05, 4.69) is 38.0 Å². The summed E-state index contributed by atoms with van der Waals surface area (Å²) in [5.41, 5.74) is 1.22. The lowest BCUT2D eigenvalue weighted by molar-refractivity contribution is 0.251. The van der Waals surface area contributed by atoms with Gasteiger partial charge in [0.25, 0.3) is 0 Å². The third kappa shape index (κ3) is 1.88. The van der Waals surface area contributed by atoms with Crippen molar-refractivity contribution in [1.29, 1.82) is 0 Å². The van der Waals surface area contributed by atoms with E-state index in [0.29, 0.717) is 29.8 Å². The van der Waals surface area contributed by atoms with Gasteiger partial charge in [-0.05, 0) is 17.2 Å². The number of halogens is 1. The van der Waals surface area contributed by atoms with Gasteiger partial charge in [-0.3, -0.25) is 4.99 Å². The van der Waals surface area contributed by atoms with Crippen LogP contribution in [0, 0.1) is 11.8 Å². The van der Waals surface area contributed by atoms with Crippen LogP contribution in [0.2, 0.25) is 0 Å². The van der Waals surface area contributed by atoms with Gasteiger partial charge in [0.05, 0.1) is 18.0 Å². The van der Waals surface area contributed by atoms with Crippen molar-refractivity contribution in [1.82, 2.24) is 4.90 Å². The molecule has 2 unspecified atom stereocenters. The Labute approximate surface area is 107 Å². The fourth-order valence-electron chi connectivity index (χ4n) is 2.46.